The summed E-state index contributed by atoms with van der Waals surface area (Å²) in [5.41, 5.74) is 0.0680. The summed E-state index contributed by atoms with van der Waals surface area (Å²) >= 11 is 0. The quantitative estimate of drug-likeness (QED) is 0.662. The molecule has 0 N–H and O–H groups in total. The van der Waals surface area contributed by atoms with Crippen molar-refractivity contribution in [2.75, 3.05) is 13.2 Å². The molecule has 3 fully saturated rings. The Kier molecular flexibility index (Phi) is 2.73. The molecule has 0 bridgehead atoms. The second-order valence-corrected chi connectivity index (χ2v) is 6.99. The van der Waals surface area contributed by atoms with Crippen LogP contribution in [0.4, 0.5) is 0 Å². The molecule has 0 radical (unpaired) electrons. The molecule has 3 heteroatoms. The zero-order chi connectivity index (χ0) is 12.9. The van der Waals surface area contributed by atoms with Crippen LogP contribution >= 0.6 is 0 Å². The topological polar surface area (TPSA) is 42.2 Å². The van der Waals surface area contributed by atoms with Crippen LogP contribution in [0.2, 0.25) is 0 Å². The summed E-state index contributed by atoms with van der Waals surface area (Å²) in [6, 6.07) is 2.67. The molecule has 1 heterocycles. The van der Waals surface area contributed by atoms with Crippen molar-refractivity contribution in [3.8, 4) is 6.07 Å². The van der Waals surface area contributed by atoms with E-state index in [4.69, 9.17) is 9.47 Å². The van der Waals surface area contributed by atoms with Crippen molar-refractivity contribution >= 4 is 0 Å². The highest BCUT2D eigenvalue weighted by Gasteiger charge is 2.58. The first-order valence-electron chi connectivity index (χ1n) is 7.21. The van der Waals surface area contributed by atoms with E-state index in [2.05, 4.69) is 19.9 Å². The molecule has 2 aliphatic carbocycles. The van der Waals surface area contributed by atoms with E-state index in [1.165, 1.54) is 6.42 Å². The van der Waals surface area contributed by atoms with Crippen molar-refractivity contribution in [1.29, 1.82) is 5.26 Å². The summed E-state index contributed by atoms with van der Waals surface area (Å²) in [4.78, 5) is 0. The van der Waals surface area contributed by atoms with Gasteiger partial charge in [-0.25, -0.2) is 0 Å². The lowest BCUT2D eigenvalue weighted by Crippen LogP contribution is -2.52. The Labute approximate surface area is 109 Å². The van der Waals surface area contributed by atoms with Gasteiger partial charge in [-0.05, 0) is 30.6 Å². The van der Waals surface area contributed by atoms with Gasteiger partial charge >= 0.3 is 0 Å². The fraction of sp³-hybridized carbons (Fsp3) is 0.933. The lowest BCUT2D eigenvalue weighted by atomic mass is 9.50. The molecule has 3 nitrogen and oxygen atoms in total. The summed E-state index contributed by atoms with van der Waals surface area (Å²) < 4.78 is 11.7. The van der Waals surface area contributed by atoms with Gasteiger partial charge < -0.3 is 9.47 Å². The Balaban J connectivity index is 1.92. The number of hydrogen-bond acceptors (Lipinski definition) is 3. The molecule has 0 aromatic rings. The lowest BCUT2D eigenvalue weighted by molar-refractivity contribution is -0.220. The van der Waals surface area contributed by atoms with Gasteiger partial charge in [0.1, 0.15) is 0 Å². The van der Waals surface area contributed by atoms with Gasteiger partial charge in [0.15, 0.2) is 5.79 Å². The minimum atomic E-state index is -0.431. The van der Waals surface area contributed by atoms with Crippen LogP contribution in [0, 0.1) is 28.1 Å². The molecule has 2 atom stereocenters. The predicted molar refractivity (Wildman–Crippen MR) is 67.7 cm³/mol. The van der Waals surface area contributed by atoms with E-state index in [-0.39, 0.29) is 10.8 Å². The van der Waals surface area contributed by atoms with Crippen LogP contribution in [0.5, 0.6) is 0 Å². The Hall–Kier alpha value is -0.590. The van der Waals surface area contributed by atoms with E-state index in [1.807, 2.05) is 0 Å². The van der Waals surface area contributed by atoms with Crippen molar-refractivity contribution in [3.05, 3.63) is 0 Å². The molecule has 0 aromatic heterocycles. The summed E-state index contributed by atoms with van der Waals surface area (Å²) in [6.07, 6.45) is 6.24. The minimum absolute atomic E-state index is 0.218. The smallest absolute Gasteiger partial charge is 0.170 e. The number of ether oxygens (including phenoxy) is 2. The number of rotatable bonds is 0. The van der Waals surface area contributed by atoms with Gasteiger partial charge in [0.2, 0.25) is 0 Å². The monoisotopic (exact) mass is 249 g/mol. The molecule has 100 valence electrons. The largest absolute Gasteiger partial charge is 0.347 e. The number of fused-ring (bicyclic) bond motifs is 1. The van der Waals surface area contributed by atoms with Crippen LogP contribution in [0.3, 0.4) is 0 Å². The van der Waals surface area contributed by atoms with Gasteiger partial charge in [0.25, 0.3) is 0 Å². The average molecular weight is 249 g/mol. The van der Waals surface area contributed by atoms with E-state index in [0.29, 0.717) is 19.1 Å². The lowest BCUT2D eigenvalue weighted by Gasteiger charge is -2.55. The van der Waals surface area contributed by atoms with Crippen LogP contribution in [0.1, 0.15) is 52.4 Å². The van der Waals surface area contributed by atoms with E-state index < -0.39 is 5.79 Å². The van der Waals surface area contributed by atoms with Crippen molar-refractivity contribution in [3.63, 3.8) is 0 Å². The number of hydrogen-bond donors (Lipinski definition) is 0. The number of nitriles is 1. The third kappa shape index (κ3) is 1.70. The van der Waals surface area contributed by atoms with E-state index in [0.717, 1.165) is 32.1 Å². The van der Waals surface area contributed by atoms with E-state index >= 15 is 0 Å². The van der Waals surface area contributed by atoms with Crippen molar-refractivity contribution < 1.29 is 9.47 Å². The molecule has 0 aromatic carbocycles. The second-order valence-electron chi connectivity index (χ2n) is 6.99. The molecule has 3 rings (SSSR count). The third-order valence-electron chi connectivity index (χ3n) is 5.49. The van der Waals surface area contributed by atoms with Crippen LogP contribution in [-0.4, -0.2) is 19.0 Å². The summed E-state index contributed by atoms with van der Waals surface area (Å²) in [5.74, 6) is 0.0711. The fourth-order valence-corrected chi connectivity index (χ4v) is 4.68. The molecule has 1 spiro atoms. The normalized spacial score (nSPS) is 41.3. The first-order chi connectivity index (χ1) is 8.52. The maximum absolute atomic E-state index is 9.79. The van der Waals surface area contributed by atoms with Crippen molar-refractivity contribution in [2.45, 2.75) is 58.2 Å². The summed E-state index contributed by atoms with van der Waals surface area (Å²) in [7, 11) is 0. The van der Waals surface area contributed by atoms with Crippen LogP contribution in [0.25, 0.3) is 0 Å². The highest BCUT2D eigenvalue weighted by Crippen LogP contribution is 2.60. The van der Waals surface area contributed by atoms with Crippen molar-refractivity contribution in [2.24, 2.45) is 16.7 Å². The summed E-state index contributed by atoms with van der Waals surface area (Å²) in [5, 5.41) is 9.79. The molecule has 0 unspecified atom stereocenters. The van der Waals surface area contributed by atoms with Crippen molar-refractivity contribution in [1.82, 2.24) is 0 Å². The van der Waals surface area contributed by atoms with Gasteiger partial charge in [-0.2, -0.15) is 5.26 Å². The highest BCUT2D eigenvalue weighted by atomic mass is 16.7. The first kappa shape index (κ1) is 12.4. The maximum Gasteiger partial charge on any atom is 0.170 e. The molecule has 1 aliphatic heterocycles. The molecule has 0 amide bonds. The fourth-order valence-electron chi connectivity index (χ4n) is 4.68. The first-order valence-corrected chi connectivity index (χ1v) is 7.21. The molecule has 18 heavy (non-hydrogen) atoms. The minimum Gasteiger partial charge on any atom is -0.347 e. The number of nitrogens with zero attached hydrogens (tertiary/aromatic N) is 1. The zero-order valence-electron chi connectivity index (χ0n) is 11.5. The molecular weight excluding hydrogens is 226 g/mol. The van der Waals surface area contributed by atoms with Crippen LogP contribution < -0.4 is 0 Å². The van der Waals surface area contributed by atoms with Gasteiger partial charge in [0, 0.05) is 12.8 Å². The highest BCUT2D eigenvalue weighted by molar-refractivity contribution is 5.13. The maximum atomic E-state index is 9.79. The van der Waals surface area contributed by atoms with Gasteiger partial charge in [-0.15, -0.1) is 0 Å². The second kappa shape index (κ2) is 3.95. The van der Waals surface area contributed by atoms with E-state index in [1.54, 1.807) is 0 Å². The molecule has 3 aliphatic rings. The standard InChI is InChI=1S/C15H23NO2/c1-13(2)5-3-6-14(11-16)10-15(7-4-12(13)14)17-8-9-18-15/h12H,3-10H2,1-2H3/t12-,14+/m0/s1. The molecule has 1 saturated heterocycles. The predicted octanol–water partition coefficient (Wildman–Crippen LogP) is 3.25. The zero-order valence-corrected chi connectivity index (χ0v) is 11.5. The van der Waals surface area contributed by atoms with Gasteiger partial charge in [-0.1, -0.05) is 20.3 Å². The molecular formula is C15H23NO2. The third-order valence-corrected chi connectivity index (χ3v) is 5.49. The SMILES string of the molecule is CC1(C)CCC[C@]2(C#N)CC3(CC[C@@H]12)OCCO3. The average Bonchev–Trinajstić information content (AvgIpc) is 2.76. The van der Waals surface area contributed by atoms with E-state index in [9.17, 15) is 5.26 Å². The van der Waals surface area contributed by atoms with Gasteiger partial charge in [-0.3, -0.25) is 0 Å². The Morgan fingerprint density at radius 3 is 2.50 bits per heavy atom. The summed E-state index contributed by atoms with van der Waals surface area (Å²) in [6.45, 7) is 6.04. The van der Waals surface area contributed by atoms with Crippen LogP contribution in [0.15, 0.2) is 0 Å². The van der Waals surface area contributed by atoms with Crippen LogP contribution in [-0.2, 0) is 9.47 Å². The Morgan fingerprint density at radius 2 is 1.83 bits per heavy atom. The Morgan fingerprint density at radius 1 is 1.11 bits per heavy atom. The molecule has 2 saturated carbocycles. The Bertz CT molecular complexity index is 378. The van der Waals surface area contributed by atoms with Gasteiger partial charge in [0.05, 0.1) is 24.7 Å².